The number of alkyl halides is 1. The van der Waals surface area contributed by atoms with Crippen molar-refractivity contribution in [3.8, 4) is 5.88 Å². The Balaban J connectivity index is 1.47. The van der Waals surface area contributed by atoms with E-state index in [0.29, 0.717) is 17.6 Å². The molecule has 0 bridgehead atoms. The summed E-state index contributed by atoms with van der Waals surface area (Å²) in [7, 11) is 0. The summed E-state index contributed by atoms with van der Waals surface area (Å²) in [5.74, 6) is 1.37. The third-order valence-electron chi connectivity index (χ3n) is 5.69. The maximum Gasteiger partial charge on any atom is 0.246 e. The van der Waals surface area contributed by atoms with E-state index < -0.39 is 12.3 Å². The molecule has 2 fully saturated rings. The molecule has 2 atom stereocenters. The monoisotopic (exact) mass is 441 g/mol. The minimum absolute atomic E-state index is 0.00229. The molecule has 1 saturated carbocycles. The van der Waals surface area contributed by atoms with Gasteiger partial charge in [0.15, 0.2) is 17.4 Å². The van der Waals surface area contributed by atoms with Gasteiger partial charge in [0.05, 0.1) is 24.0 Å². The summed E-state index contributed by atoms with van der Waals surface area (Å²) in [5.41, 5.74) is 0.986. The Kier molecular flexibility index (Phi) is 5.13. The minimum Gasteiger partial charge on any atom is -0.469 e. The Morgan fingerprint density at radius 3 is 3.00 bits per heavy atom. The smallest absolute Gasteiger partial charge is 0.246 e. The van der Waals surface area contributed by atoms with Crippen molar-refractivity contribution in [1.82, 2.24) is 19.4 Å². The number of amides is 1. The predicted octanol–water partition coefficient (Wildman–Crippen LogP) is 4.07. The molecule has 1 saturated heterocycles. The van der Waals surface area contributed by atoms with Crippen LogP contribution in [0.3, 0.4) is 0 Å². The zero-order valence-electron chi connectivity index (χ0n) is 17.3. The summed E-state index contributed by atoms with van der Waals surface area (Å²) in [6.45, 7) is 6.58. The van der Waals surface area contributed by atoms with Crippen molar-refractivity contribution >= 4 is 39.1 Å². The molecule has 9 heteroatoms. The van der Waals surface area contributed by atoms with Gasteiger partial charge in [-0.25, -0.2) is 9.37 Å². The summed E-state index contributed by atoms with van der Waals surface area (Å²) >= 11 is 1.54. The molecule has 3 aromatic heterocycles. The second-order valence-electron chi connectivity index (χ2n) is 8.18. The van der Waals surface area contributed by atoms with Crippen LogP contribution < -0.4 is 10.1 Å². The highest BCUT2D eigenvalue weighted by Crippen LogP contribution is 2.35. The van der Waals surface area contributed by atoms with Crippen LogP contribution in [-0.4, -0.2) is 50.7 Å². The Morgan fingerprint density at radius 1 is 1.45 bits per heavy atom. The number of ether oxygens (including phenoxy) is 1. The number of hydrogen-bond acceptors (Lipinski definition) is 6. The van der Waals surface area contributed by atoms with Gasteiger partial charge in [0.2, 0.25) is 11.8 Å². The van der Waals surface area contributed by atoms with E-state index in [0.717, 1.165) is 27.5 Å². The molecule has 2 aliphatic rings. The van der Waals surface area contributed by atoms with Gasteiger partial charge in [0.1, 0.15) is 5.82 Å². The summed E-state index contributed by atoms with van der Waals surface area (Å²) in [5, 5.41) is 4.82. The minimum atomic E-state index is -1.28. The number of carbonyl (C=O) groups is 1. The summed E-state index contributed by atoms with van der Waals surface area (Å²) in [6.07, 6.45) is 5.47. The van der Waals surface area contributed by atoms with Gasteiger partial charge in [-0.2, -0.15) is 4.98 Å². The molecule has 0 radical (unpaired) electrons. The molecule has 0 unspecified atom stereocenters. The lowest BCUT2D eigenvalue weighted by atomic mass is 10.2. The number of likely N-dealkylation sites (tertiary alicyclic amines) is 1. The number of thiazole rings is 1. The quantitative estimate of drug-likeness (QED) is 0.560. The molecule has 1 aliphatic carbocycles. The van der Waals surface area contributed by atoms with Crippen LogP contribution >= 0.6 is 11.3 Å². The van der Waals surface area contributed by atoms with Crippen molar-refractivity contribution in [3.63, 3.8) is 0 Å². The van der Waals surface area contributed by atoms with Gasteiger partial charge in [0.25, 0.3) is 0 Å². The van der Waals surface area contributed by atoms with E-state index in [1.807, 2.05) is 25.3 Å². The molecule has 0 aromatic carbocycles. The SMILES string of the molecule is C=CC(=O)N1C[C@@H](F)[C@H](Oc2nc(Nc3ncc(C)s3)cc3c2ccn3CC2CC2)C1. The van der Waals surface area contributed by atoms with Gasteiger partial charge in [-0.15, -0.1) is 11.3 Å². The molecular formula is C22H24FN5O2S. The van der Waals surface area contributed by atoms with Crippen LogP contribution in [0.2, 0.25) is 0 Å². The molecule has 3 aromatic rings. The van der Waals surface area contributed by atoms with E-state index in [2.05, 4.69) is 26.4 Å². The van der Waals surface area contributed by atoms with Crippen LogP contribution in [0.25, 0.3) is 10.9 Å². The third-order valence-corrected chi connectivity index (χ3v) is 6.52. The predicted molar refractivity (Wildman–Crippen MR) is 119 cm³/mol. The summed E-state index contributed by atoms with van der Waals surface area (Å²) in [4.78, 5) is 23.4. The maximum absolute atomic E-state index is 14.6. The number of fused-ring (bicyclic) bond motifs is 1. The molecule has 162 valence electrons. The molecule has 0 spiro atoms. The Hall–Kier alpha value is -2.94. The van der Waals surface area contributed by atoms with Crippen LogP contribution in [0.5, 0.6) is 5.88 Å². The molecule has 4 heterocycles. The van der Waals surface area contributed by atoms with Crippen molar-refractivity contribution in [2.75, 3.05) is 18.4 Å². The fourth-order valence-corrected chi connectivity index (χ4v) is 4.54. The first kappa shape index (κ1) is 20.0. The number of anilines is 2. The highest BCUT2D eigenvalue weighted by Gasteiger charge is 2.37. The van der Waals surface area contributed by atoms with Gasteiger partial charge in [0, 0.05) is 29.9 Å². The first-order valence-electron chi connectivity index (χ1n) is 10.4. The number of rotatable bonds is 7. The van der Waals surface area contributed by atoms with Gasteiger partial charge in [-0.05, 0) is 37.8 Å². The number of nitrogens with one attached hydrogen (secondary N) is 1. The van der Waals surface area contributed by atoms with Crippen LogP contribution in [-0.2, 0) is 11.3 Å². The molecule has 5 rings (SSSR count). The highest BCUT2D eigenvalue weighted by atomic mass is 32.1. The second kappa shape index (κ2) is 7.96. The van der Waals surface area contributed by atoms with E-state index in [4.69, 9.17) is 4.74 Å². The lowest BCUT2D eigenvalue weighted by Gasteiger charge is -2.17. The standard InChI is InChI=1S/C22H24FN5O2S/c1-3-20(29)28-11-16(23)18(12-28)30-21-15-6-7-27(10-14-4-5-14)17(15)8-19(25-21)26-22-24-9-13(2)31-22/h3,6-9,14,16,18H,1,4-5,10-12H2,2H3,(H,24,25,26)/t16-,18-/m1/s1. The van der Waals surface area contributed by atoms with Gasteiger partial charge >= 0.3 is 0 Å². The van der Waals surface area contributed by atoms with Crippen molar-refractivity contribution in [2.45, 2.75) is 38.6 Å². The molecule has 1 aliphatic heterocycles. The van der Waals surface area contributed by atoms with E-state index in [-0.39, 0.29) is 19.0 Å². The normalized spacial score (nSPS) is 20.9. The molecule has 1 N–H and O–H groups in total. The molecule has 31 heavy (non-hydrogen) atoms. The Labute approximate surface area is 183 Å². The Morgan fingerprint density at radius 2 is 2.29 bits per heavy atom. The lowest BCUT2D eigenvalue weighted by molar-refractivity contribution is -0.125. The first-order chi connectivity index (χ1) is 15.0. The van der Waals surface area contributed by atoms with E-state index in [9.17, 15) is 9.18 Å². The van der Waals surface area contributed by atoms with Crippen molar-refractivity contribution in [3.05, 3.63) is 42.1 Å². The number of halogens is 1. The van der Waals surface area contributed by atoms with Crippen molar-refractivity contribution in [2.24, 2.45) is 5.92 Å². The average Bonchev–Trinajstić information content (AvgIpc) is 3.15. The molecular weight excluding hydrogens is 417 g/mol. The van der Waals surface area contributed by atoms with Crippen LogP contribution in [0.15, 0.2) is 37.2 Å². The third kappa shape index (κ3) is 4.14. The van der Waals surface area contributed by atoms with E-state index in [1.165, 1.54) is 35.2 Å². The number of aromatic nitrogens is 3. The molecule has 1 amide bonds. The number of carbonyl (C=O) groups excluding carboxylic acids is 1. The zero-order chi connectivity index (χ0) is 21.5. The van der Waals surface area contributed by atoms with Gasteiger partial charge < -0.3 is 19.5 Å². The summed E-state index contributed by atoms with van der Waals surface area (Å²) in [6, 6.07) is 3.95. The van der Waals surface area contributed by atoms with Crippen LogP contribution in [0.4, 0.5) is 15.3 Å². The largest absolute Gasteiger partial charge is 0.469 e. The first-order valence-corrected chi connectivity index (χ1v) is 11.2. The number of nitrogens with zero attached hydrogens (tertiary/aromatic N) is 4. The second-order valence-corrected chi connectivity index (χ2v) is 9.41. The topological polar surface area (TPSA) is 72.3 Å². The van der Waals surface area contributed by atoms with Gasteiger partial charge in [-0.1, -0.05) is 6.58 Å². The van der Waals surface area contributed by atoms with E-state index in [1.54, 1.807) is 6.20 Å². The fraction of sp³-hybridized carbons (Fsp3) is 0.409. The van der Waals surface area contributed by atoms with Gasteiger partial charge in [-0.3, -0.25) is 4.79 Å². The fourth-order valence-electron chi connectivity index (χ4n) is 3.87. The number of hydrogen-bond donors (Lipinski definition) is 1. The Bertz CT molecular complexity index is 1140. The lowest BCUT2D eigenvalue weighted by Crippen LogP contribution is -2.30. The zero-order valence-corrected chi connectivity index (χ0v) is 18.1. The number of pyridine rings is 1. The molecule has 7 nitrogen and oxygen atoms in total. The van der Waals surface area contributed by atoms with Crippen LogP contribution in [0.1, 0.15) is 17.7 Å². The van der Waals surface area contributed by atoms with Crippen molar-refractivity contribution < 1.29 is 13.9 Å². The number of aryl methyl sites for hydroxylation is 1. The van der Waals surface area contributed by atoms with E-state index >= 15 is 0 Å². The van der Waals surface area contributed by atoms with Crippen LogP contribution in [0, 0.1) is 12.8 Å². The van der Waals surface area contributed by atoms with Crippen molar-refractivity contribution in [1.29, 1.82) is 0 Å². The summed E-state index contributed by atoms with van der Waals surface area (Å²) < 4.78 is 22.9. The highest BCUT2D eigenvalue weighted by molar-refractivity contribution is 7.15. The average molecular weight is 442 g/mol. The maximum atomic E-state index is 14.6.